The number of halogens is 2. The Hall–Kier alpha value is -2.83. The average Bonchev–Trinajstić information content (AvgIpc) is 3.21. The zero-order valence-electron chi connectivity index (χ0n) is 23.1. The molecule has 1 atom stereocenters. The maximum atomic E-state index is 14.1. The number of carbonyl (C=O) groups is 1. The number of benzene rings is 2. The molecule has 11 heteroatoms. The first-order valence-corrected chi connectivity index (χ1v) is 15.7. The number of terminal acetylenes is 1. The Labute approximate surface area is 269 Å². The molecule has 0 bridgehead atoms. The summed E-state index contributed by atoms with van der Waals surface area (Å²) >= 11 is 5.65. The normalized spacial score (nSPS) is 14.8. The number of hydrogen-bond acceptors (Lipinski definition) is 8. The maximum absolute atomic E-state index is 14.1. The van der Waals surface area contributed by atoms with E-state index >= 15 is 0 Å². The minimum atomic E-state index is -0.789. The van der Waals surface area contributed by atoms with Crippen LogP contribution in [0.15, 0.2) is 51.4 Å². The van der Waals surface area contributed by atoms with Crippen molar-refractivity contribution in [2.24, 2.45) is 4.99 Å². The second-order valence-electron chi connectivity index (χ2n) is 9.18. The number of hydrogen-bond donors (Lipinski definition) is 0. The number of fused-ring (bicyclic) bond motifs is 1. The van der Waals surface area contributed by atoms with E-state index in [1.165, 1.54) is 15.9 Å². The van der Waals surface area contributed by atoms with Crippen molar-refractivity contribution in [1.29, 1.82) is 0 Å². The highest BCUT2D eigenvalue weighted by Gasteiger charge is 2.34. The van der Waals surface area contributed by atoms with E-state index in [1.54, 1.807) is 39.2 Å². The quantitative estimate of drug-likeness (QED) is 0.176. The van der Waals surface area contributed by atoms with E-state index in [0.717, 1.165) is 12.7 Å². The molecule has 3 aromatic rings. The smallest absolute Gasteiger partial charge is 0.338 e. The standard InChI is InChI=1S/C30H28I2N2O6S/c1-7-11-39-27-19(12-20(31)15-21(27)32)14-24-28(35)34-26(18-9-10-22(40-16(3)4)23(13-18)37-6)25(29(36)38-8-2)17(5)33-30(34)41-24/h1,9-10,12-16,26H,8,11H2,2-6H3/b24-14+/t26-/m1/s1. The van der Waals surface area contributed by atoms with Crippen molar-refractivity contribution in [3.63, 3.8) is 0 Å². The number of rotatable bonds is 9. The average molecular weight is 798 g/mol. The first kappa shape index (κ1) is 31.1. The third kappa shape index (κ3) is 6.65. The van der Waals surface area contributed by atoms with Crippen molar-refractivity contribution < 1.29 is 23.7 Å². The summed E-state index contributed by atoms with van der Waals surface area (Å²) in [6.07, 6.45) is 7.15. The van der Waals surface area contributed by atoms with E-state index in [0.29, 0.717) is 37.8 Å². The Morgan fingerprint density at radius 2 is 2.00 bits per heavy atom. The Kier molecular flexibility index (Phi) is 10.2. The van der Waals surface area contributed by atoms with Crippen LogP contribution in [0.1, 0.15) is 44.9 Å². The van der Waals surface area contributed by atoms with Crippen LogP contribution in [0.25, 0.3) is 6.08 Å². The van der Waals surface area contributed by atoms with Gasteiger partial charge in [-0.15, -0.1) is 6.42 Å². The summed E-state index contributed by atoms with van der Waals surface area (Å²) < 4.78 is 26.6. The topological polar surface area (TPSA) is 88.3 Å². The molecule has 2 heterocycles. The van der Waals surface area contributed by atoms with Gasteiger partial charge in [0.05, 0.1) is 45.2 Å². The Morgan fingerprint density at radius 3 is 2.66 bits per heavy atom. The lowest BCUT2D eigenvalue weighted by atomic mass is 9.95. The number of allylic oxidation sites excluding steroid dienone is 1. The lowest BCUT2D eigenvalue weighted by molar-refractivity contribution is -0.139. The van der Waals surface area contributed by atoms with Crippen molar-refractivity contribution in [2.75, 3.05) is 20.3 Å². The van der Waals surface area contributed by atoms with Gasteiger partial charge in [0.25, 0.3) is 5.56 Å². The first-order chi connectivity index (χ1) is 19.6. The molecular formula is C30H28I2N2O6S. The summed E-state index contributed by atoms with van der Waals surface area (Å²) in [5.41, 5.74) is 1.84. The number of methoxy groups -OCH3 is 1. The second kappa shape index (κ2) is 13.4. The van der Waals surface area contributed by atoms with E-state index in [1.807, 2.05) is 32.0 Å². The van der Waals surface area contributed by atoms with Crippen LogP contribution in [0, 0.1) is 19.5 Å². The fourth-order valence-corrected chi connectivity index (χ4v) is 7.49. The molecule has 0 fully saturated rings. The molecule has 41 heavy (non-hydrogen) atoms. The lowest BCUT2D eigenvalue weighted by Gasteiger charge is -2.25. The number of ether oxygens (including phenoxy) is 4. The Balaban J connectivity index is 1.97. The fraction of sp³-hybridized carbons (Fsp3) is 0.300. The van der Waals surface area contributed by atoms with Crippen LogP contribution in [-0.2, 0) is 9.53 Å². The molecule has 2 aromatic carbocycles. The van der Waals surface area contributed by atoms with Crippen LogP contribution in [0.2, 0.25) is 0 Å². The molecule has 1 aliphatic heterocycles. The van der Waals surface area contributed by atoms with E-state index in [2.05, 4.69) is 56.1 Å². The molecule has 0 unspecified atom stereocenters. The zero-order chi connectivity index (χ0) is 29.8. The highest BCUT2D eigenvalue weighted by molar-refractivity contribution is 14.1. The van der Waals surface area contributed by atoms with Crippen LogP contribution in [0.3, 0.4) is 0 Å². The van der Waals surface area contributed by atoms with Gasteiger partial charge in [-0.05, 0) is 109 Å². The minimum Gasteiger partial charge on any atom is -0.493 e. The molecule has 4 rings (SSSR count). The van der Waals surface area contributed by atoms with Gasteiger partial charge in [0.15, 0.2) is 16.3 Å². The minimum absolute atomic E-state index is 0.0664. The molecule has 0 saturated heterocycles. The predicted octanol–water partition coefficient (Wildman–Crippen LogP) is 4.82. The monoisotopic (exact) mass is 798 g/mol. The molecule has 1 aliphatic rings. The summed E-state index contributed by atoms with van der Waals surface area (Å²) in [5, 5.41) is 0. The SMILES string of the molecule is C#CCOc1c(I)cc(I)cc1/C=c1/sc2n(c1=O)[C@H](c1ccc(OC(C)C)c(OC)c1)C(C(=O)OCC)=C(C)N=2. The lowest BCUT2D eigenvalue weighted by Crippen LogP contribution is -2.40. The van der Waals surface area contributed by atoms with Gasteiger partial charge in [-0.3, -0.25) is 9.36 Å². The van der Waals surface area contributed by atoms with Crippen LogP contribution in [-0.4, -0.2) is 37.0 Å². The predicted molar refractivity (Wildman–Crippen MR) is 175 cm³/mol. The van der Waals surface area contributed by atoms with E-state index in [4.69, 9.17) is 25.4 Å². The highest BCUT2D eigenvalue weighted by atomic mass is 127. The summed E-state index contributed by atoms with van der Waals surface area (Å²) in [7, 11) is 1.55. The van der Waals surface area contributed by atoms with E-state index in [-0.39, 0.29) is 30.5 Å². The van der Waals surface area contributed by atoms with Gasteiger partial charge in [-0.25, -0.2) is 9.79 Å². The largest absolute Gasteiger partial charge is 0.493 e. The zero-order valence-corrected chi connectivity index (χ0v) is 28.2. The molecule has 8 nitrogen and oxygen atoms in total. The Bertz CT molecular complexity index is 1750. The molecule has 0 radical (unpaired) electrons. The molecular weight excluding hydrogens is 770 g/mol. The molecule has 1 aromatic heterocycles. The summed E-state index contributed by atoms with van der Waals surface area (Å²) in [5.74, 6) is 3.60. The highest BCUT2D eigenvalue weighted by Crippen LogP contribution is 2.36. The first-order valence-electron chi connectivity index (χ1n) is 12.7. The van der Waals surface area contributed by atoms with Crippen molar-refractivity contribution in [3.05, 3.63) is 79.6 Å². The summed E-state index contributed by atoms with van der Waals surface area (Å²) in [6, 6.07) is 8.51. The fourth-order valence-electron chi connectivity index (χ4n) is 4.41. The van der Waals surface area contributed by atoms with Gasteiger partial charge in [0.1, 0.15) is 12.4 Å². The molecule has 0 aliphatic carbocycles. The van der Waals surface area contributed by atoms with Crippen molar-refractivity contribution in [3.8, 4) is 29.6 Å². The number of esters is 1. The maximum Gasteiger partial charge on any atom is 0.338 e. The van der Waals surface area contributed by atoms with Gasteiger partial charge >= 0.3 is 5.97 Å². The third-order valence-corrected chi connectivity index (χ3v) is 8.41. The van der Waals surface area contributed by atoms with Crippen LogP contribution < -0.4 is 29.1 Å². The summed E-state index contributed by atoms with van der Waals surface area (Å²) in [6.45, 7) is 7.61. The van der Waals surface area contributed by atoms with Gasteiger partial charge in [0, 0.05) is 9.13 Å². The molecule has 0 saturated carbocycles. The number of aromatic nitrogens is 1. The molecule has 0 amide bonds. The number of thiazole rings is 1. The van der Waals surface area contributed by atoms with Gasteiger partial charge in [0.2, 0.25) is 0 Å². The van der Waals surface area contributed by atoms with Crippen LogP contribution >= 0.6 is 56.5 Å². The van der Waals surface area contributed by atoms with Gasteiger partial charge < -0.3 is 18.9 Å². The van der Waals surface area contributed by atoms with Crippen molar-refractivity contribution in [1.82, 2.24) is 4.57 Å². The van der Waals surface area contributed by atoms with Gasteiger partial charge in [-0.1, -0.05) is 23.3 Å². The van der Waals surface area contributed by atoms with Crippen molar-refractivity contribution in [2.45, 2.75) is 39.8 Å². The Morgan fingerprint density at radius 1 is 1.24 bits per heavy atom. The van der Waals surface area contributed by atoms with Gasteiger partial charge in [-0.2, -0.15) is 0 Å². The molecule has 0 N–H and O–H groups in total. The van der Waals surface area contributed by atoms with E-state index in [9.17, 15) is 9.59 Å². The molecule has 214 valence electrons. The summed E-state index contributed by atoms with van der Waals surface area (Å²) in [4.78, 5) is 32.4. The molecule has 0 spiro atoms. The van der Waals surface area contributed by atoms with Crippen LogP contribution in [0.4, 0.5) is 0 Å². The third-order valence-electron chi connectivity index (χ3n) is 6.01. The van der Waals surface area contributed by atoms with Crippen molar-refractivity contribution >= 4 is 68.6 Å². The van der Waals surface area contributed by atoms with Crippen LogP contribution in [0.5, 0.6) is 17.2 Å². The van der Waals surface area contributed by atoms with E-state index < -0.39 is 12.0 Å². The second-order valence-corrected chi connectivity index (χ2v) is 12.6. The number of nitrogens with zero attached hydrogens (tertiary/aromatic N) is 2. The number of carbonyl (C=O) groups excluding carboxylic acids is 1.